The Morgan fingerprint density at radius 2 is 1.81 bits per heavy atom. The molecule has 7 atom stereocenters. The van der Waals surface area contributed by atoms with Crippen LogP contribution in [0.2, 0.25) is 0 Å². The maximum absolute atomic E-state index is 17.1. The molecule has 5 fully saturated rings. The molecule has 5 aliphatic heterocycles. The van der Waals surface area contributed by atoms with Crippen molar-refractivity contribution in [2.24, 2.45) is 5.92 Å². The second-order valence-corrected chi connectivity index (χ2v) is 16.3. The molecule has 0 amide bonds. The Morgan fingerprint density at radius 1 is 1.04 bits per heavy atom. The van der Waals surface area contributed by atoms with E-state index in [-0.39, 0.29) is 70.4 Å². The van der Waals surface area contributed by atoms with Gasteiger partial charge in [-0.05, 0) is 75.6 Å². The number of benzene rings is 2. The second-order valence-electron chi connectivity index (χ2n) is 16.3. The number of ether oxygens (including phenoxy) is 2. The quantitative estimate of drug-likeness (QED) is 0.228. The van der Waals surface area contributed by atoms with E-state index in [2.05, 4.69) is 49.8 Å². The van der Waals surface area contributed by atoms with Gasteiger partial charge < -0.3 is 24.8 Å². The summed E-state index contributed by atoms with van der Waals surface area (Å²) < 4.78 is 59.5. The van der Waals surface area contributed by atoms with E-state index in [0.29, 0.717) is 48.6 Å². The predicted octanol–water partition coefficient (Wildman–Crippen LogP) is 5.43. The molecule has 10 nitrogen and oxygen atoms in total. The average Bonchev–Trinajstić information content (AvgIpc) is 3.76. The number of halogens is 3. The minimum absolute atomic E-state index is 0.00642. The van der Waals surface area contributed by atoms with E-state index in [0.717, 1.165) is 51.9 Å². The predicted molar refractivity (Wildman–Crippen MR) is 200 cm³/mol. The number of piperazine rings is 1. The van der Waals surface area contributed by atoms with Gasteiger partial charge in [-0.25, -0.2) is 13.2 Å². The summed E-state index contributed by atoms with van der Waals surface area (Å²) in [4.78, 5) is 20.9. The number of nitrogens with zero attached hydrogens (tertiary/aromatic N) is 6. The molecule has 0 aliphatic carbocycles. The summed E-state index contributed by atoms with van der Waals surface area (Å²) in [5.41, 5.74) is -0.566. The highest BCUT2D eigenvalue weighted by Crippen LogP contribution is 2.45. The first kappa shape index (κ1) is 35.5. The first-order valence-electron chi connectivity index (χ1n) is 19.2. The number of phenolic OH excluding ortho intramolecular Hbond substituents is 1. The van der Waals surface area contributed by atoms with Crippen molar-refractivity contribution in [1.29, 1.82) is 0 Å². The molecule has 5 aliphatic rings. The molecule has 2 aromatic carbocycles. The third-order valence-corrected chi connectivity index (χ3v) is 12.3. The molecule has 284 valence electrons. The number of rotatable bonds is 8. The van der Waals surface area contributed by atoms with Crippen LogP contribution in [0.1, 0.15) is 51.5 Å². The number of phenols is 1. The van der Waals surface area contributed by atoms with Crippen LogP contribution in [0, 0.1) is 29.9 Å². The number of terminal acetylenes is 1. The number of hydrogen-bond acceptors (Lipinski definition) is 10. The van der Waals surface area contributed by atoms with Gasteiger partial charge in [-0.2, -0.15) is 9.97 Å². The van der Waals surface area contributed by atoms with E-state index in [1.165, 1.54) is 30.5 Å². The summed E-state index contributed by atoms with van der Waals surface area (Å²) in [7, 11) is 0. The van der Waals surface area contributed by atoms with Crippen LogP contribution in [0.15, 0.2) is 30.5 Å². The lowest BCUT2D eigenvalue weighted by Crippen LogP contribution is -2.51. The molecule has 2 aromatic heterocycles. The highest BCUT2D eigenvalue weighted by Gasteiger charge is 2.52. The number of fused-ring (bicyclic) bond motifs is 5. The van der Waals surface area contributed by atoms with Gasteiger partial charge in [0.15, 0.2) is 5.82 Å². The minimum atomic E-state index is -0.958. The van der Waals surface area contributed by atoms with E-state index < -0.39 is 23.3 Å². The van der Waals surface area contributed by atoms with E-state index in [4.69, 9.17) is 20.9 Å². The fourth-order valence-corrected chi connectivity index (χ4v) is 10.1. The Balaban J connectivity index is 1.06. The van der Waals surface area contributed by atoms with Crippen molar-refractivity contribution in [1.82, 2.24) is 30.1 Å². The maximum Gasteiger partial charge on any atom is 0.319 e. The number of pyridine rings is 1. The van der Waals surface area contributed by atoms with Crippen LogP contribution in [-0.2, 0) is 4.74 Å². The van der Waals surface area contributed by atoms with Crippen molar-refractivity contribution in [3.8, 4) is 35.4 Å². The number of anilines is 1. The molecule has 9 rings (SSSR count). The topological polar surface area (TPSA) is 99.1 Å². The average molecular weight is 742 g/mol. The van der Waals surface area contributed by atoms with Gasteiger partial charge in [-0.3, -0.25) is 14.8 Å². The van der Waals surface area contributed by atoms with E-state index in [1.54, 1.807) is 0 Å². The molecular weight excluding hydrogens is 695 g/mol. The van der Waals surface area contributed by atoms with Crippen LogP contribution in [-0.4, -0.2) is 118 Å². The van der Waals surface area contributed by atoms with E-state index >= 15 is 8.78 Å². The van der Waals surface area contributed by atoms with Crippen LogP contribution in [0.3, 0.4) is 0 Å². The van der Waals surface area contributed by atoms with Crippen molar-refractivity contribution >= 4 is 27.5 Å². The van der Waals surface area contributed by atoms with E-state index in [1.807, 2.05) is 0 Å². The molecule has 5 saturated heterocycles. The number of aromatic hydroxyl groups is 1. The van der Waals surface area contributed by atoms with Crippen LogP contribution in [0.4, 0.5) is 19.0 Å². The molecule has 54 heavy (non-hydrogen) atoms. The van der Waals surface area contributed by atoms with Crippen LogP contribution < -0.4 is 15.0 Å². The molecule has 0 unspecified atom stereocenters. The lowest BCUT2D eigenvalue weighted by molar-refractivity contribution is -0.0689. The molecular formula is C41H46F3N7O3. The van der Waals surface area contributed by atoms with Crippen molar-refractivity contribution < 1.29 is 27.8 Å². The SMILES string of the molecule is C#Cc1c(F)ccc2cc(O)cc(-c3ncc4c(N5C[C@H]6CC[C@@H](C5)N6)nc(OC[C@]56C[C@@H](F)CN5C[C@@H](CCN5C[C@@H](C)O[C@@H](C)C5)C6)nc4c3F)c12. The number of alkyl halides is 1. The van der Waals surface area contributed by atoms with Gasteiger partial charge in [-0.1, -0.05) is 12.0 Å². The standard InChI is InChI=1S/C41H46F3N7O3/c1-4-31-34(43)8-5-26-11-30(52)12-32(35(26)31)37-36(44)38-33(15-45-37)39(50-20-28-6-7-29(21-50)46-28)48-40(47-38)53-22-41-13-25(18-51(41)19-27(42)14-41)9-10-49-16-23(2)54-24(3)17-49/h1,5,8,11-12,15,23-25,27-29,46,52H,6-7,9-10,13-14,16-22H2,2-3H3/t23-,24+,25-,27+,28-,29+,41-/m0/s1. The zero-order valence-electron chi connectivity index (χ0n) is 30.7. The zero-order chi connectivity index (χ0) is 37.3. The highest BCUT2D eigenvalue weighted by molar-refractivity contribution is 6.03. The second kappa shape index (κ2) is 13.8. The molecule has 13 heteroatoms. The van der Waals surface area contributed by atoms with Gasteiger partial charge in [-0.15, -0.1) is 6.42 Å². The number of hydrogen-bond donors (Lipinski definition) is 2. The Labute approximate surface area is 313 Å². The summed E-state index contributed by atoms with van der Waals surface area (Å²) in [5, 5.41) is 15.4. The summed E-state index contributed by atoms with van der Waals surface area (Å²) in [6.45, 7) is 9.71. The van der Waals surface area contributed by atoms with Gasteiger partial charge in [0.1, 0.15) is 41.4 Å². The van der Waals surface area contributed by atoms with E-state index in [9.17, 15) is 9.50 Å². The van der Waals surface area contributed by atoms with Crippen molar-refractivity contribution in [2.45, 2.75) is 82.0 Å². The van der Waals surface area contributed by atoms with Gasteiger partial charge in [0.25, 0.3) is 0 Å². The molecule has 4 aromatic rings. The smallest absolute Gasteiger partial charge is 0.319 e. The lowest BCUT2D eigenvalue weighted by Gasteiger charge is -2.35. The molecule has 0 spiro atoms. The van der Waals surface area contributed by atoms with Crippen molar-refractivity contribution in [3.63, 3.8) is 0 Å². The molecule has 0 saturated carbocycles. The van der Waals surface area contributed by atoms with Crippen molar-refractivity contribution in [2.75, 3.05) is 57.3 Å². The largest absolute Gasteiger partial charge is 0.508 e. The third-order valence-electron chi connectivity index (χ3n) is 12.3. The Morgan fingerprint density at radius 3 is 2.57 bits per heavy atom. The minimum Gasteiger partial charge on any atom is -0.508 e. The summed E-state index contributed by atoms with van der Waals surface area (Å²) in [6, 6.07) is 6.06. The number of nitrogens with one attached hydrogen (secondary N) is 1. The Hall–Kier alpha value is -4.22. The van der Waals surface area contributed by atoms with Gasteiger partial charge in [0.2, 0.25) is 0 Å². The van der Waals surface area contributed by atoms with Crippen LogP contribution in [0.5, 0.6) is 11.8 Å². The summed E-state index contributed by atoms with van der Waals surface area (Å²) in [6.07, 6.45) is 11.0. The lowest BCUT2D eigenvalue weighted by atomic mass is 9.89. The third kappa shape index (κ3) is 6.40. The normalized spacial score (nSPS) is 30.0. The Kier molecular flexibility index (Phi) is 9.08. The van der Waals surface area contributed by atoms with Gasteiger partial charge in [0, 0.05) is 74.9 Å². The molecule has 2 bridgehead atoms. The molecule has 0 radical (unpaired) electrons. The molecule has 2 N–H and O–H groups in total. The fourth-order valence-electron chi connectivity index (χ4n) is 10.1. The van der Waals surface area contributed by atoms with Gasteiger partial charge in [0.05, 0.1) is 28.7 Å². The maximum atomic E-state index is 17.1. The molecule has 7 heterocycles. The van der Waals surface area contributed by atoms with Crippen LogP contribution >= 0.6 is 0 Å². The van der Waals surface area contributed by atoms with Gasteiger partial charge >= 0.3 is 6.01 Å². The number of morpholine rings is 1. The van der Waals surface area contributed by atoms with Crippen LogP contribution in [0.25, 0.3) is 32.9 Å². The zero-order valence-corrected chi connectivity index (χ0v) is 30.7. The fraction of sp³-hybridized carbons (Fsp3) is 0.537. The monoisotopic (exact) mass is 741 g/mol. The first-order chi connectivity index (χ1) is 26.1. The summed E-state index contributed by atoms with van der Waals surface area (Å²) >= 11 is 0. The highest BCUT2D eigenvalue weighted by atomic mass is 19.1. The summed E-state index contributed by atoms with van der Waals surface area (Å²) in [5.74, 6) is 1.75. The first-order valence-corrected chi connectivity index (χ1v) is 19.2. The Bertz CT molecular complexity index is 2130. The number of aromatic nitrogens is 3. The van der Waals surface area contributed by atoms with Crippen molar-refractivity contribution in [3.05, 3.63) is 47.7 Å².